The lowest BCUT2D eigenvalue weighted by Crippen LogP contribution is -2.39. The van der Waals surface area contributed by atoms with Crippen LogP contribution in [0.15, 0.2) is 59.6 Å². The lowest BCUT2D eigenvalue weighted by molar-refractivity contribution is 0.0514. The van der Waals surface area contributed by atoms with Crippen LogP contribution in [0.3, 0.4) is 0 Å². The molecule has 0 spiro atoms. The highest BCUT2D eigenvalue weighted by atomic mass is 32.2. The van der Waals surface area contributed by atoms with Gasteiger partial charge in [-0.25, -0.2) is 4.79 Å². The highest BCUT2D eigenvalue weighted by Gasteiger charge is 2.39. The number of nitrogens with one attached hydrogen (secondary N) is 1. The summed E-state index contributed by atoms with van der Waals surface area (Å²) >= 11 is 1.25. The van der Waals surface area contributed by atoms with Gasteiger partial charge in [0.2, 0.25) is 5.69 Å². The number of hydrogen-bond donors (Lipinski definition) is 1. The van der Waals surface area contributed by atoms with E-state index in [4.69, 9.17) is 9.47 Å². The fourth-order valence-corrected chi connectivity index (χ4v) is 4.48. The van der Waals surface area contributed by atoms with E-state index in [0.717, 1.165) is 5.56 Å². The van der Waals surface area contributed by atoms with Crippen LogP contribution in [-0.4, -0.2) is 45.8 Å². The summed E-state index contributed by atoms with van der Waals surface area (Å²) in [6.45, 7) is 1.95. The minimum atomic E-state index is -0.568. The summed E-state index contributed by atoms with van der Waals surface area (Å²) < 4.78 is 10.3. The van der Waals surface area contributed by atoms with Gasteiger partial charge < -0.3 is 9.47 Å². The number of ether oxygens (including phenoxy) is 2. The molecule has 1 aliphatic rings. The first-order valence-corrected chi connectivity index (χ1v) is 10.3. The molecule has 3 aromatic rings. The number of methoxy groups -OCH3 is 1. The molecular weight excluding hydrogens is 404 g/mol. The van der Waals surface area contributed by atoms with Crippen molar-refractivity contribution in [1.82, 2.24) is 15.1 Å². The summed E-state index contributed by atoms with van der Waals surface area (Å²) in [5.74, 6) is 0.0283. The van der Waals surface area contributed by atoms with Crippen LogP contribution in [0.2, 0.25) is 0 Å². The number of aromatic nitrogens is 3. The molecule has 1 aromatic heterocycles. The zero-order valence-corrected chi connectivity index (χ0v) is 17.3. The monoisotopic (exact) mass is 424 g/mol. The summed E-state index contributed by atoms with van der Waals surface area (Å²) in [5.41, 5.74) is 4.79. The molecule has 2 atom stereocenters. The summed E-state index contributed by atoms with van der Waals surface area (Å²) in [4.78, 5) is 27.2. The Kier molecular flexibility index (Phi) is 5.71. The van der Waals surface area contributed by atoms with Gasteiger partial charge in [0.15, 0.2) is 10.8 Å². The van der Waals surface area contributed by atoms with Crippen LogP contribution in [-0.2, 0) is 4.74 Å². The van der Waals surface area contributed by atoms with Crippen LogP contribution in [0, 0.1) is 0 Å². The predicted octanol–water partition coefficient (Wildman–Crippen LogP) is 3.11. The zero-order chi connectivity index (χ0) is 21.1. The Labute approximate surface area is 177 Å². The quantitative estimate of drug-likeness (QED) is 0.476. The lowest BCUT2D eigenvalue weighted by Gasteiger charge is -2.32. The highest BCUT2D eigenvalue weighted by Crippen LogP contribution is 2.40. The van der Waals surface area contributed by atoms with Crippen molar-refractivity contribution in [2.45, 2.75) is 23.2 Å². The summed E-state index contributed by atoms with van der Waals surface area (Å²) in [6.07, 6.45) is 0. The topological polar surface area (TPSA) is 95.3 Å². The number of hydrogen-bond acceptors (Lipinski definition) is 8. The third-order valence-electron chi connectivity index (χ3n) is 4.69. The molecule has 9 heteroatoms. The van der Waals surface area contributed by atoms with Gasteiger partial charge in [-0.2, -0.15) is 4.79 Å². The first kappa shape index (κ1) is 20.0. The van der Waals surface area contributed by atoms with Gasteiger partial charge in [-0.15, -0.1) is 5.10 Å². The van der Waals surface area contributed by atoms with Crippen molar-refractivity contribution in [1.29, 1.82) is 0 Å². The molecule has 0 bridgehead atoms. The Hall–Kier alpha value is -3.33. The highest BCUT2D eigenvalue weighted by molar-refractivity contribution is 8.00. The number of nitrogens with zero attached hydrogens (tertiary/aromatic N) is 3. The molecule has 1 aliphatic heterocycles. The molecule has 0 radical (unpaired) electrons. The lowest BCUT2D eigenvalue weighted by atomic mass is 9.97. The van der Waals surface area contributed by atoms with Gasteiger partial charge in [-0.1, -0.05) is 42.1 Å². The second-order valence-electron chi connectivity index (χ2n) is 6.52. The number of rotatable bonds is 6. The zero-order valence-electron chi connectivity index (χ0n) is 16.4. The number of thioether (sulfide) groups is 1. The fourth-order valence-electron chi connectivity index (χ4n) is 3.21. The van der Waals surface area contributed by atoms with E-state index in [1.165, 1.54) is 16.6 Å². The molecule has 2 aromatic carbocycles. The first-order valence-electron chi connectivity index (χ1n) is 9.41. The maximum Gasteiger partial charge on any atom is 0.361 e. The molecule has 154 valence electrons. The Morgan fingerprint density at radius 2 is 1.87 bits per heavy atom. The number of benzene rings is 2. The van der Waals surface area contributed by atoms with Crippen molar-refractivity contribution in [3.63, 3.8) is 0 Å². The average molecular weight is 424 g/mol. The normalized spacial score (nSPS) is 17.5. The predicted molar refractivity (Wildman–Crippen MR) is 111 cm³/mol. The van der Waals surface area contributed by atoms with Crippen LogP contribution >= 0.6 is 11.8 Å². The van der Waals surface area contributed by atoms with Crippen LogP contribution in [0.1, 0.15) is 39.4 Å². The summed E-state index contributed by atoms with van der Waals surface area (Å²) in [5, 5.41) is 7.90. The molecule has 1 N–H and O–H groups in total. The maximum atomic E-state index is 13.5. The number of esters is 1. The van der Waals surface area contributed by atoms with E-state index in [0.29, 0.717) is 16.3 Å². The summed E-state index contributed by atoms with van der Waals surface area (Å²) in [7, 11) is 1.58. The third-order valence-corrected chi connectivity index (χ3v) is 6.02. The van der Waals surface area contributed by atoms with Crippen molar-refractivity contribution >= 4 is 23.5 Å². The van der Waals surface area contributed by atoms with E-state index in [-0.39, 0.29) is 24.1 Å². The van der Waals surface area contributed by atoms with Crippen molar-refractivity contribution < 1.29 is 19.1 Å². The first-order chi connectivity index (χ1) is 14.6. The molecule has 0 aliphatic carbocycles. The molecule has 0 saturated heterocycles. The standard InChI is InChI=1S/C21H20N4O4S/c1-3-29-21(27)17-20-25(24-22-17)23-16(13-7-5-4-6-8-13)19(30-20)18(26)14-9-11-15(28-2)12-10-14/h4-12,16,19,23H,3H2,1-2H3/t16-,19+/m1/s1. The van der Waals surface area contributed by atoms with Crippen molar-refractivity contribution in [3.05, 3.63) is 71.4 Å². The molecule has 0 saturated carbocycles. The Balaban J connectivity index is 1.72. The summed E-state index contributed by atoms with van der Waals surface area (Å²) in [6, 6.07) is 16.2. The van der Waals surface area contributed by atoms with Crippen molar-refractivity contribution in [3.8, 4) is 5.75 Å². The molecule has 0 amide bonds. The van der Waals surface area contributed by atoms with Gasteiger partial charge in [0, 0.05) is 5.56 Å². The largest absolute Gasteiger partial charge is 0.497 e. The van der Waals surface area contributed by atoms with Crippen LogP contribution in [0.4, 0.5) is 0 Å². The Bertz CT molecular complexity index is 1050. The third kappa shape index (κ3) is 3.76. The van der Waals surface area contributed by atoms with E-state index >= 15 is 0 Å². The van der Waals surface area contributed by atoms with Gasteiger partial charge in [0.05, 0.1) is 19.8 Å². The molecular formula is C21H20N4O4S. The van der Waals surface area contributed by atoms with E-state index < -0.39 is 11.2 Å². The molecule has 2 heterocycles. The number of ketones is 1. The Morgan fingerprint density at radius 1 is 1.13 bits per heavy atom. The van der Waals surface area contributed by atoms with Gasteiger partial charge >= 0.3 is 5.97 Å². The number of fused-ring (bicyclic) bond motifs is 1. The number of carbonyl (C=O) groups excluding carboxylic acids is 2. The van der Waals surface area contributed by atoms with Gasteiger partial charge in [0.25, 0.3) is 0 Å². The second kappa shape index (κ2) is 8.58. The minimum Gasteiger partial charge on any atom is -0.497 e. The number of carbonyl (C=O) groups is 2. The van der Waals surface area contributed by atoms with Crippen LogP contribution in [0.25, 0.3) is 0 Å². The fraction of sp³-hybridized carbons (Fsp3) is 0.238. The minimum absolute atomic E-state index is 0.0775. The van der Waals surface area contributed by atoms with Crippen LogP contribution in [0.5, 0.6) is 5.75 Å². The van der Waals surface area contributed by atoms with E-state index in [1.54, 1.807) is 38.3 Å². The van der Waals surface area contributed by atoms with Gasteiger partial charge in [-0.05, 0) is 42.0 Å². The van der Waals surface area contributed by atoms with Gasteiger partial charge in [0.1, 0.15) is 11.0 Å². The SMILES string of the molecule is CCOC(=O)c1nnn2c1S[C@H](C(=O)c1ccc(OC)cc1)[C@@H](c1ccccc1)N2. The molecule has 30 heavy (non-hydrogen) atoms. The maximum absolute atomic E-state index is 13.5. The van der Waals surface area contributed by atoms with Crippen molar-refractivity contribution in [2.75, 3.05) is 19.1 Å². The molecule has 8 nitrogen and oxygen atoms in total. The van der Waals surface area contributed by atoms with Crippen molar-refractivity contribution in [2.24, 2.45) is 0 Å². The van der Waals surface area contributed by atoms with Gasteiger partial charge in [-0.3, -0.25) is 10.2 Å². The number of Topliss-reactive ketones (excluding diaryl/α,β-unsaturated/α-hetero) is 1. The Morgan fingerprint density at radius 3 is 2.53 bits per heavy atom. The van der Waals surface area contributed by atoms with Crippen LogP contribution < -0.4 is 10.2 Å². The molecule has 0 unspecified atom stereocenters. The van der Waals surface area contributed by atoms with E-state index in [9.17, 15) is 9.59 Å². The smallest absolute Gasteiger partial charge is 0.361 e. The van der Waals surface area contributed by atoms with E-state index in [1.807, 2.05) is 30.3 Å². The molecule has 0 fully saturated rings. The second-order valence-corrected chi connectivity index (χ2v) is 7.65. The van der Waals surface area contributed by atoms with E-state index in [2.05, 4.69) is 15.7 Å². The molecule has 4 rings (SSSR count). The average Bonchev–Trinajstić information content (AvgIpc) is 3.21.